The molecule has 2 atom stereocenters. The molecule has 0 saturated carbocycles. The third-order valence-corrected chi connectivity index (χ3v) is 4.36. The molecule has 2 heterocycles. The Bertz CT molecular complexity index is 486. The summed E-state index contributed by atoms with van der Waals surface area (Å²) in [6.07, 6.45) is 4.51. The van der Waals surface area contributed by atoms with E-state index in [2.05, 4.69) is 25.1 Å². The van der Waals surface area contributed by atoms with E-state index < -0.39 is 0 Å². The second-order valence-corrected chi connectivity index (χ2v) is 6.17. The van der Waals surface area contributed by atoms with Gasteiger partial charge in [0.2, 0.25) is 11.9 Å². The fourth-order valence-corrected chi connectivity index (χ4v) is 2.54. The average Bonchev–Trinajstić information content (AvgIpc) is 2.59. The summed E-state index contributed by atoms with van der Waals surface area (Å²) in [5, 5.41) is 2.96. The molecule has 152 valence electrons. The minimum atomic E-state index is -0.135. The van der Waals surface area contributed by atoms with E-state index >= 15 is 0 Å². The highest BCUT2D eigenvalue weighted by molar-refractivity contribution is 5.86. The summed E-state index contributed by atoms with van der Waals surface area (Å²) in [6.45, 7) is 9.32. The zero-order valence-electron chi connectivity index (χ0n) is 15.3. The molecule has 26 heavy (non-hydrogen) atoms. The number of carbonyl (C=O) groups excluding carboxylic acids is 1. The van der Waals surface area contributed by atoms with Gasteiger partial charge < -0.3 is 16.0 Å². The van der Waals surface area contributed by atoms with Crippen LogP contribution in [0.4, 0.5) is 5.95 Å². The van der Waals surface area contributed by atoms with Crippen molar-refractivity contribution < 1.29 is 4.79 Å². The van der Waals surface area contributed by atoms with Crippen molar-refractivity contribution in [2.24, 2.45) is 11.7 Å². The summed E-state index contributed by atoms with van der Waals surface area (Å²) >= 11 is 0. The van der Waals surface area contributed by atoms with E-state index in [1.807, 2.05) is 19.9 Å². The summed E-state index contributed by atoms with van der Waals surface area (Å²) in [5.41, 5.74) is 5.74. The van der Waals surface area contributed by atoms with Crippen LogP contribution in [0.3, 0.4) is 0 Å². The molecule has 1 aliphatic rings. The molecular weight excluding hydrogens is 399 g/mol. The number of nitrogens with two attached hydrogens (primary N) is 1. The van der Waals surface area contributed by atoms with Gasteiger partial charge in [-0.2, -0.15) is 0 Å². The van der Waals surface area contributed by atoms with Crippen molar-refractivity contribution in [1.29, 1.82) is 0 Å². The van der Waals surface area contributed by atoms with E-state index in [1.54, 1.807) is 12.4 Å². The maximum atomic E-state index is 11.8. The quantitative estimate of drug-likeness (QED) is 0.636. The van der Waals surface area contributed by atoms with Crippen LogP contribution in [0.25, 0.3) is 0 Å². The van der Waals surface area contributed by atoms with Crippen LogP contribution in [0.1, 0.15) is 20.3 Å². The Balaban J connectivity index is 0. The number of nitrogens with one attached hydrogen (secondary N) is 1. The van der Waals surface area contributed by atoms with Crippen LogP contribution in [-0.2, 0) is 4.79 Å². The first-order valence-electron chi connectivity index (χ1n) is 8.35. The first-order chi connectivity index (χ1) is 11.1. The number of hydrogen-bond donors (Lipinski definition) is 2. The van der Waals surface area contributed by atoms with E-state index in [0.29, 0.717) is 6.54 Å². The monoisotopic (exact) mass is 428 g/mol. The lowest BCUT2D eigenvalue weighted by atomic mass is 10.0. The molecule has 10 heteroatoms. The Labute approximate surface area is 174 Å². The van der Waals surface area contributed by atoms with Gasteiger partial charge in [-0.1, -0.05) is 6.92 Å². The summed E-state index contributed by atoms with van der Waals surface area (Å²) in [5.74, 6) is 0.722. The van der Waals surface area contributed by atoms with Crippen molar-refractivity contribution >= 4 is 49.1 Å². The van der Waals surface area contributed by atoms with Crippen LogP contribution in [0.5, 0.6) is 0 Å². The smallest absolute Gasteiger partial charge is 0.225 e. The molecule has 1 aromatic heterocycles. The fraction of sp³-hybridized carbons (Fsp3) is 0.688. The Kier molecular flexibility index (Phi) is 15.0. The van der Waals surface area contributed by atoms with Gasteiger partial charge in [0.25, 0.3) is 0 Å². The summed E-state index contributed by atoms with van der Waals surface area (Å²) < 4.78 is 0. The third-order valence-electron chi connectivity index (χ3n) is 4.36. The predicted octanol–water partition coefficient (Wildman–Crippen LogP) is 1.35. The van der Waals surface area contributed by atoms with Crippen molar-refractivity contribution in [2.45, 2.75) is 26.3 Å². The Morgan fingerprint density at radius 3 is 2.27 bits per heavy atom. The number of rotatable bonds is 7. The van der Waals surface area contributed by atoms with E-state index in [4.69, 9.17) is 5.73 Å². The van der Waals surface area contributed by atoms with Crippen molar-refractivity contribution in [3.05, 3.63) is 18.5 Å². The first kappa shape index (κ1) is 27.4. The number of anilines is 1. The highest BCUT2D eigenvalue weighted by Crippen LogP contribution is 2.09. The molecular formula is C16H31Cl3N6O. The van der Waals surface area contributed by atoms with E-state index in [-0.39, 0.29) is 55.1 Å². The first-order valence-corrected chi connectivity index (χ1v) is 8.35. The van der Waals surface area contributed by atoms with Crippen molar-refractivity contribution in [3.8, 4) is 0 Å². The average molecular weight is 430 g/mol. The second kappa shape index (κ2) is 14.2. The van der Waals surface area contributed by atoms with Crippen molar-refractivity contribution in [2.75, 3.05) is 44.2 Å². The molecule has 0 spiro atoms. The van der Waals surface area contributed by atoms with E-state index in [0.717, 1.165) is 45.1 Å². The van der Waals surface area contributed by atoms with Crippen LogP contribution in [0.2, 0.25) is 0 Å². The minimum Gasteiger partial charge on any atom is -0.356 e. The number of nitrogens with zero attached hydrogens (tertiary/aromatic N) is 4. The van der Waals surface area contributed by atoms with Gasteiger partial charge in [-0.25, -0.2) is 9.97 Å². The van der Waals surface area contributed by atoms with Crippen molar-refractivity contribution in [1.82, 2.24) is 20.2 Å². The van der Waals surface area contributed by atoms with Crippen LogP contribution < -0.4 is 16.0 Å². The van der Waals surface area contributed by atoms with Crippen LogP contribution in [0, 0.1) is 5.92 Å². The second-order valence-electron chi connectivity index (χ2n) is 6.17. The number of halogens is 3. The van der Waals surface area contributed by atoms with Crippen LogP contribution in [-0.4, -0.2) is 66.1 Å². The summed E-state index contributed by atoms with van der Waals surface area (Å²) in [6, 6.07) is 1.73. The molecule has 0 aliphatic carbocycles. The third kappa shape index (κ3) is 8.68. The number of piperazine rings is 1. The lowest BCUT2D eigenvalue weighted by Crippen LogP contribution is -2.47. The molecule has 1 fully saturated rings. The van der Waals surface area contributed by atoms with Gasteiger partial charge in [0, 0.05) is 57.1 Å². The lowest BCUT2D eigenvalue weighted by Gasteiger charge is -2.34. The Morgan fingerprint density at radius 2 is 1.73 bits per heavy atom. The number of hydrogen-bond acceptors (Lipinski definition) is 6. The van der Waals surface area contributed by atoms with Crippen LogP contribution in [0.15, 0.2) is 18.5 Å². The van der Waals surface area contributed by atoms with Gasteiger partial charge in [0.1, 0.15) is 0 Å². The van der Waals surface area contributed by atoms with Gasteiger partial charge in [-0.15, -0.1) is 37.2 Å². The lowest BCUT2D eigenvalue weighted by molar-refractivity contribution is -0.124. The zero-order chi connectivity index (χ0) is 16.7. The number of aromatic nitrogens is 2. The zero-order valence-corrected chi connectivity index (χ0v) is 17.8. The molecule has 0 bridgehead atoms. The summed E-state index contributed by atoms with van der Waals surface area (Å²) in [4.78, 5) is 25.0. The molecule has 1 aromatic rings. The van der Waals surface area contributed by atoms with Crippen molar-refractivity contribution in [3.63, 3.8) is 0 Å². The van der Waals surface area contributed by atoms with Crippen LogP contribution >= 0.6 is 37.2 Å². The standard InChI is InChI=1S/C16H28N6O.3ClH/c1-13(14(2)17)15(23)18-7-4-8-21-9-11-22(12-10-21)16-19-5-3-6-20-16;;;/h3,5-6,13-14H,4,7-12,17H2,1-2H3,(H,18,23);3*1H. The van der Waals surface area contributed by atoms with Gasteiger partial charge in [-0.05, 0) is 26.0 Å². The maximum absolute atomic E-state index is 11.8. The van der Waals surface area contributed by atoms with Gasteiger partial charge in [0.15, 0.2) is 0 Å². The van der Waals surface area contributed by atoms with Gasteiger partial charge in [-0.3, -0.25) is 9.69 Å². The molecule has 1 amide bonds. The minimum absolute atomic E-state index is 0. The molecule has 0 radical (unpaired) electrons. The normalized spacial score (nSPS) is 16.3. The molecule has 1 saturated heterocycles. The van der Waals surface area contributed by atoms with E-state index in [1.165, 1.54) is 0 Å². The molecule has 2 rings (SSSR count). The SMILES string of the molecule is CC(N)C(C)C(=O)NCCCN1CCN(c2ncccn2)CC1.Cl.Cl.Cl. The predicted molar refractivity (Wildman–Crippen MR) is 113 cm³/mol. The number of amides is 1. The molecule has 2 unspecified atom stereocenters. The Hall–Kier alpha value is -0.860. The maximum Gasteiger partial charge on any atom is 0.225 e. The molecule has 7 nitrogen and oxygen atoms in total. The van der Waals surface area contributed by atoms with Gasteiger partial charge >= 0.3 is 0 Å². The Morgan fingerprint density at radius 1 is 1.15 bits per heavy atom. The highest BCUT2D eigenvalue weighted by Gasteiger charge is 2.19. The molecule has 1 aliphatic heterocycles. The number of carbonyl (C=O) groups is 1. The highest BCUT2D eigenvalue weighted by atomic mass is 35.5. The topological polar surface area (TPSA) is 87.4 Å². The molecule has 3 N–H and O–H groups in total. The summed E-state index contributed by atoms with van der Waals surface area (Å²) in [7, 11) is 0. The fourth-order valence-electron chi connectivity index (χ4n) is 2.54. The largest absolute Gasteiger partial charge is 0.356 e. The van der Waals surface area contributed by atoms with E-state index in [9.17, 15) is 4.79 Å². The van der Waals surface area contributed by atoms with Gasteiger partial charge in [0.05, 0.1) is 0 Å². The molecule has 0 aromatic carbocycles.